The Morgan fingerprint density at radius 1 is 1.32 bits per heavy atom. The highest BCUT2D eigenvalue weighted by Gasteiger charge is 2.66. The SMILES string of the molecule is CCCNC(Cc1cn(C)nn1)C1C(C)(C)C1(C)C. The lowest BCUT2D eigenvalue weighted by Crippen LogP contribution is -2.36. The van der Waals surface area contributed by atoms with Crippen LogP contribution in [0.15, 0.2) is 6.20 Å². The maximum atomic E-state index is 4.24. The van der Waals surface area contributed by atoms with E-state index in [0.29, 0.717) is 22.8 Å². The van der Waals surface area contributed by atoms with Crippen LogP contribution in [-0.4, -0.2) is 27.6 Å². The second-order valence-electron chi connectivity index (χ2n) is 7.07. The highest BCUT2D eigenvalue weighted by molar-refractivity contribution is 5.18. The van der Waals surface area contributed by atoms with Crippen LogP contribution in [0.3, 0.4) is 0 Å². The largest absolute Gasteiger partial charge is 0.313 e. The lowest BCUT2D eigenvalue weighted by Gasteiger charge is -2.19. The molecule has 1 aliphatic carbocycles. The van der Waals surface area contributed by atoms with E-state index < -0.39 is 0 Å². The van der Waals surface area contributed by atoms with Gasteiger partial charge in [-0.25, -0.2) is 0 Å². The van der Waals surface area contributed by atoms with E-state index in [4.69, 9.17) is 0 Å². The Kier molecular flexibility index (Phi) is 3.74. The zero-order valence-electron chi connectivity index (χ0n) is 13.2. The number of hydrogen-bond acceptors (Lipinski definition) is 3. The average Bonchev–Trinajstić information content (AvgIpc) is 2.64. The van der Waals surface area contributed by atoms with Gasteiger partial charge in [0.1, 0.15) is 0 Å². The Morgan fingerprint density at radius 2 is 1.95 bits per heavy atom. The molecule has 19 heavy (non-hydrogen) atoms. The Labute approximate surface area is 117 Å². The number of aryl methyl sites for hydroxylation is 1. The molecule has 0 bridgehead atoms. The standard InChI is InChI=1S/C15H28N4/c1-7-8-16-12(9-11-10-19(6)18-17-11)13-14(2,3)15(13,4)5/h10,12-13,16H,7-9H2,1-6H3. The Balaban J connectivity index is 2.09. The fourth-order valence-corrected chi connectivity index (χ4v) is 3.61. The molecule has 1 heterocycles. The molecule has 1 saturated carbocycles. The molecule has 108 valence electrons. The molecule has 1 aromatic heterocycles. The van der Waals surface area contributed by atoms with Gasteiger partial charge in [0.05, 0.1) is 5.69 Å². The minimum absolute atomic E-state index is 0.403. The summed E-state index contributed by atoms with van der Waals surface area (Å²) in [6.07, 6.45) is 4.18. The first-order valence-electron chi connectivity index (χ1n) is 7.39. The van der Waals surface area contributed by atoms with E-state index in [1.807, 2.05) is 13.2 Å². The Hall–Kier alpha value is -0.900. The summed E-state index contributed by atoms with van der Waals surface area (Å²) in [4.78, 5) is 0. The van der Waals surface area contributed by atoms with Crippen molar-refractivity contribution in [3.63, 3.8) is 0 Å². The van der Waals surface area contributed by atoms with Crippen LogP contribution in [0.1, 0.15) is 46.7 Å². The molecule has 2 rings (SSSR count). The molecular formula is C15H28N4. The van der Waals surface area contributed by atoms with Crippen molar-refractivity contribution in [1.82, 2.24) is 20.3 Å². The van der Waals surface area contributed by atoms with Crippen LogP contribution in [0.5, 0.6) is 0 Å². The molecule has 4 nitrogen and oxygen atoms in total. The zero-order valence-corrected chi connectivity index (χ0v) is 13.2. The normalized spacial score (nSPS) is 22.4. The van der Waals surface area contributed by atoms with Gasteiger partial charge in [-0.1, -0.05) is 39.8 Å². The average molecular weight is 264 g/mol. The van der Waals surface area contributed by atoms with E-state index >= 15 is 0 Å². The van der Waals surface area contributed by atoms with Crippen molar-refractivity contribution in [2.75, 3.05) is 6.54 Å². The summed E-state index contributed by atoms with van der Waals surface area (Å²) in [7, 11) is 1.93. The van der Waals surface area contributed by atoms with E-state index in [-0.39, 0.29) is 0 Å². The first-order chi connectivity index (χ1) is 8.80. The molecule has 4 heteroatoms. The smallest absolute Gasteiger partial charge is 0.0842 e. The Morgan fingerprint density at radius 3 is 2.37 bits per heavy atom. The van der Waals surface area contributed by atoms with Crippen molar-refractivity contribution in [3.8, 4) is 0 Å². The maximum absolute atomic E-state index is 4.24. The lowest BCUT2D eigenvalue weighted by atomic mass is 9.99. The molecule has 1 fully saturated rings. The van der Waals surface area contributed by atoms with Crippen LogP contribution in [0, 0.1) is 16.7 Å². The van der Waals surface area contributed by atoms with Crippen LogP contribution >= 0.6 is 0 Å². The van der Waals surface area contributed by atoms with Gasteiger partial charge < -0.3 is 5.32 Å². The molecule has 0 aromatic carbocycles. The molecule has 0 spiro atoms. The van der Waals surface area contributed by atoms with Crippen molar-refractivity contribution < 1.29 is 0 Å². The first kappa shape index (κ1) is 14.5. The molecule has 0 amide bonds. The van der Waals surface area contributed by atoms with E-state index in [0.717, 1.165) is 18.7 Å². The van der Waals surface area contributed by atoms with Gasteiger partial charge >= 0.3 is 0 Å². The number of nitrogens with zero attached hydrogens (tertiary/aromatic N) is 3. The molecular weight excluding hydrogens is 236 g/mol. The molecule has 0 aliphatic heterocycles. The number of rotatable bonds is 6. The molecule has 1 aromatic rings. The highest BCUT2D eigenvalue weighted by atomic mass is 15.4. The van der Waals surface area contributed by atoms with Gasteiger partial charge in [-0.3, -0.25) is 4.68 Å². The second-order valence-corrected chi connectivity index (χ2v) is 7.07. The van der Waals surface area contributed by atoms with Gasteiger partial charge in [-0.2, -0.15) is 0 Å². The van der Waals surface area contributed by atoms with Crippen LogP contribution in [-0.2, 0) is 13.5 Å². The molecule has 1 N–H and O–H groups in total. The monoisotopic (exact) mass is 264 g/mol. The summed E-state index contributed by atoms with van der Waals surface area (Å²) in [6, 6.07) is 0.502. The number of aromatic nitrogens is 3. The summed E-state index contributed by atoms with van der Waals surface area (Å²) < 4.78 is 1.79. The second kappa shape index (κ2) is 4.89. The maximum Gasteiger partial charge on any atom is 0.0842 e. The van der Waals surface area contributed by atoms with E-state index in [1.54, 1.807) is 4.68 Å². The fraction of sp³-hybridized carbons (Fsp3) is 0.867. The summed E-state index contributed by atoms with van der Waals surface area (Å²) in [5.41, 5.74) is 1.90. The summed E-state index contributed by atoms with van der Waals surface area (Å²) in [6.45, 7) is 12.8. The van der Waals surface area contributed by atoms with Crippen molar-refractivity contribution in [2.24, 2.45) is 23.8 Å². The topological polar surface area (TPSA) is 42.7 Å². The molecule has 1 unspecified atom stereocenters. The minimum Gasteiger partial charge on any atom is -0.313 e. The third-order valence-corrected chi connectivity index (χ3v) is 5.27. The molecule has 1 atom stereocenters. The Bertz CT molecular complexity index is 419. The van der Waals surface area contributed by atoms with Crippen molar-refractivity contribution >= 4 is 0 Å². The zero-order chi connectivity index (χ0) is 14.3. The quantitative estimate of drug-likeness (QED) is 0.858. The van der Waals surface area contributed by atoms with Crippen molar-refractivity contribution in [3.05, 3.63) is 11.9 Å². The molecule has 0 saturated heterocycles. The van der Waals surface area contributed by atoms with Gasteiger partial charge in [-0.05, 0) is 29.7 Å². The van der Waals surface area contributed by atoms with Crippen LogP contribution in [0.2, 0.25) is 0 Å². The van der Waals surface area contributed by atoms with Crippen LogP contribution < -0.4 is 5.32 Å². The van der Waals surface area contributed by atoms with E-state index in [1.165, 1.54) is 6.42 Å². The van der Waals surface area contributed by atoms with E-state index in [9.17, 15) is 0 Å². The predicted molar refractivity (Wildman–Crippen MR) is 77.8 cm³/mol. The minimum atomic E-state index is 0.403. The summed E-state index contributed by atoms with van der Waals surface area (Å²) in [5.74, 6) is 0.702. The van der Waals surface area contributed by atoms with Gasteiger partial charge in [0, 0.05) is 25.7 Å². The highest BCUT2D eigenvalue weighted by Crippen LogP contribution is 2.69. The molecule has 1 aliphatic rings. The third kappa shape index (κ3) is 2.55. The van der Waals surface area contributed by atoms with Gasteiger partial charge in [-0.15, -0.1) is 5.10 Å². The lowest BCUT2D eigenvalue weighted by molar-refractivity contribution is 0.393. The van der Waals surface area contributed by atoms with Gasteiger partial charge in [0.15, 0.2) is 0 Å². The third-order valence-electron chi connectivity index (χ3n) is 5.27. The molecule has 0 radical (unpaired) electrons. The van der Waals surface area contributed by atoms with Crippen molar-refractivity contribution in [2.45, 2.75) is 53.5 Å². The number of hydrogen-bond donors (Lipinski definition) is 1. The summed E-state index contributed by atoms with van der Waals surface area (Å²) >= 11 is 0. The predicted octanol–water partition coefficient (Wildman–Crippen LogP) is 2.41. The van der Waals surface area contributed by atoms with Gasteiger partial charge in [0.25, 0.3) is 0 Å². The van der Waals surface area contributed by atoms with E-state index in [2.05, 4.69) is 50.2 Å². The number of nitrogens with one attached hydrogen (secondary N) is 1. The summed E-state index contributed by atoms with van der Waals surface area (Å²) in [5, 5.41) is 12.0. The first-order valence-corrected chi connectivity index (χ1v) is 7.39. The van der Waals surface area contributed by atoms with Crippen LogP contribution in [0.4, 0.5) is 0 Å². The van der Waals surface area contributed by atoms with Crippen LogP contribution in [0.25, 0.3) is 0 Å². The fourth-order valence-electron chi connectivity index (χ4n) is 3.61. The van der Waals surface area contributed by atoms with Crippen molar-refractivity contribution in [1.29, 1.82) is 0 Å². The van der Waals surface area contributed by atoms with Gasteiger partial charge in [0.2, 0.25) is 0 Å².